The lowest BCUT2D eigenvalue weighted by Gasteiger charge is -2.11. The first-order chi connectivity index (χ1) is 8.52. The van der Waals surface area contributed by atoms with Crippen molar-refractivity contribution in [3.05, 3.63) is 45.5 Å². The van der Waals surface area contributed by atoms with E-state index in [0.717, 1.165) is 0 Å². The number of benzene rings is 1. The second-order valence-electron chi connectivity index (χ2n) is 3.48. The lowest BCUT2D eigenvalue weighted by Crippen LogP contribution is -2.13. The molecule has 0 bridgehead atoms. The molecular formula is C13H13Cl2NO2. The minimum absolute atomic E-state index is 0.135. The zero-order valence-corrected chi connectivity index (χ0v) is 11.8. The Hall–Kier alpha value is -1.32. The second-order valence-corrected chi connectivity index (χ2v) is 4.29. The molecule has 0 fully saturated rings. The van der Waals surface area contributed by atoms with Gasteiger partial charge in [-0.3, -0.25) is 4.79 Å². The number of hydrogen-bond donors (Lipinski definition) is 0. The van der Waals surface area contributed by atoms with Crippen LogP contribution in [0, 0.1) is 0 Å². The molecule has 0 saturated carbocycles. The van der Waals surface area contributed by atoms with Crippen LogP contribution < -0.4 is 0 Å². The van der Waals surface area contributed by atoms with E-state index in [4.69, 9.17) is 28.0 Å². The first-order valence-corrected chi connectivity index (χ1v) is 6.01. The van der Waals surface area contributed by atoms with Crippen molar-refractivity contribution in [2.45, 2.75) is 13.8 Å². The monoisotopic (exact) mass is 285 g/mol. The summed E-state index contributed by atoms with van der Waals surface area (Å²) < 4.78 is 0. The predicted octanol–water partition coefficient (Wildman–Crippen LogP) is 3.88. The maximum atomic E-state index is 11.6. The highest BCUT2D eigenvalue weighted by Crippen LogP contribution is 2.27. The summed E-state index contributed by atoms with van der Waals surface area (Å²) in [5, 5.41) is 4.70. The summed E-state index contributed by atoms with van der Waals surface area (Å²) in [7, 11) is 1.40. The summed E-state index contributed by atoms with van der Waals surface area (Å²) in [6.45, 7) is 3.19. The summed E-state index contributed by atoms with van der Waals surface area (Å²) in [6.07, 6.45) is 1.65. The van der Waals surface area contributed by atoms with Crippen LogP contribution >= 0.6 is 23.2 Å². The molecule has 0 unspecified atom stereocenters. The lowest BCUT2D eigenvalue weighted by molar-refractivity contribution is -0.113. The van der Waals surface area contributed by atoms with Crippen LogP contribution in [0.15, 0.2) is 35.0 Å². The number of hydrogen-bond acceptors (Lipinski definition) is 3. The van der Waals surface area contributed by atoms with Crippen LogP contribution in [0.4, 0.5) is 0 Å². The van der Waals surface area contributed by atoms with E-state index < -0.39 is 0 Å². The van der Waals surface area contributed by atoms with Crippen LogP contribution in [0.2, 0.25) is 10.0 Å². The fraction of sp³-hybridized carbons (Fsp3) is 0.231. The predicted molar refractivity (Wildman–Crippen MR) is 74.4 cm³/mol. The SMILES string of the molecule is C/C=C(C(C)=O)/C(=N\OC)c1c(Cl)cccc1Cl. The molecule has 0 spiro atoms. The van der Waals surface area contributed by atoms with Gasteiger partial charge in [0.25, 0.3) is 0 Å². The number of rotatable bonds is 4. The maximum absolute atomic E-state index is 11.6. The highest BCUT2D eigenvalue weighted by atomic mass is 35.5. The molecule has 0 aliphatic heterocycles. The molecule has 0 aliphatic carbocycles. The van der Waals surface area contributed by atoms with E-state index in [-0.39, 0.29) is 5.78 Å². The highest BCUT2D eigenvalue weighted by molar-refractivity contribution is 6.43. The van der Waals surface area contributed by atoms with E-state index in [9.17, 15) is 4.79 Å². The Morgan fingerprint density at radius 1 is 1.33 bits per heavy atom. The van der Waals surface area contributed by atoms with E-state index in [1.807, 2.05) is 0 Å². The van der Waals surface area contributed by atoms with Gasteiger partial charge >= 0.3 is 0 Å². The van der Waals surface area contributed by atoms with Crippen LogP contribution in [-0.4, -0.2) is 18.6 Å². The number of ketones is 1. The summed E-state index contributed by atoms with van der Waals surface area (Å²) in [5.41, 5.74) is 1.24. The van der Waals surface area contributed by atoms with Crippen LogP contribution in [-0.2, 0) is 9.63 Å². The van der Waals surface area contributed by atoms with Crippen LogP contribution in [0.25, 0.3) is 0 Å². The molecule has 3 nitrogen and oxygen atoms in total. The van der Waals surface area contributed by atoms with Crippen molar-refractivity contribution in [1.29, 1.82) is 0 Å². The fourth-order valence-electron chi connectivity index (χ4n) is 1.55. The lowest BCUT2D eigenvalue weighted by atomic mass is 9.99. The zero-order chi connectivity index (χ0) is 13.7. The molecule has 0 aromatic heterocycles. The first-order valence-electron chi connectivity index (χ1n) is 5.26. The Kier molecular flexibility index (Phi) is 5.38. The third-order valence-electron chi connectivity index (χ3n) is 2.31. The third-order valence-corrected chi connectivity index (χ3v) is 2.94. The van der Waals surface area contributed by atoms with Crippen molar-refractivity contribution in [3.8, 4) is 0 Å². The molecule has 0 saturated heterocycles. The van der Waals surface area contributed by atoms with Gasteiger partial charge in [-0.05, 0) is 26.0 Å². The van der Waals surface area contributed by atoms with Gasteiger partial charge in [-0.2, -0.15) is 0 Å². The molecule has 5 heteroatoms. The van der Waals surface area contributed by atoms with E-state index in [2.05, 4.69) is 5.16 Å². The normalized spacial score (nSPS) is 12.5. The van der Waals surface area contributed by atoms with E-state index in [1.165, 1.54) is 14.0 Å². The summed E-state index contributed by atoms with van der Waals surface area (Å²) >= 11 is 12.2. The molecule has 18 heavy (non-hydrogen) atoms. The van der Waals surface area contributed by atoms with Gasteiger partial charge in [0.15, 0.2) is 5.78 Å². The number of nitrogens with zero attached hydrogens (tertiary/aromatic N) is 1. The molecule has 1 aromatic rings. The van der Waals surface area contributed by atoms with Gasteiger partial charge in [-0.1, -0.05) is 40.5 Å². The Balaban J connectivity index is 3.48. The summed E-state index contributed by atoms with van der Waals surface area (Å²) in [5.74, 6) is -0.135. The average molecular weight is 286 g/mol. The minimum Gasteiger partial charge on any atom is -0.399 e. The van der Waals surface area contributed by atoms with Gasteiger partial charge in [-0.25, -0.2) is 0 Å². The quantitative estimate of drug-likeness (QED) is 0.478. The Labute approximate surface area is 116 Å². The van der Waals surface area contributed by atoms with Crippen molar-refractivity contribution in [3.63, 3.8) is 0 Å². The molecular weight excluding hydrogens is 273 g/mol. The minimum atomic E-state index is -0.135. The van der Waals surface area contributed by atoms with E-state index >= 15 is 0 Å². The Bertz CT molecular complexity index is 501. The fourth-order valence-corrected chi connectivity index (χ4v) is 2.13. The van der Waals surface area contributed by atoms with Crippen LogP contribution in [0.3, 0.4) is 0 Å². The van der Waals surface area contributed by atoms with Crippen LogP contribution in [0.5, 0.6) is 0 Å². The van der Waals surface area contributed by atoms with Crippen molar-refractivity contribution >= 4 is 34.7 Å². The number of carbonyl (C=O) groups excluding carboxylic acids is 1. The number of oxime groups is 1. The van der Waals surface area contributed by atoms with Crippen molar-refractivity contribution in [1.82, 2.24) is 0 Å². The molecule has 0 atom stereocenters. The first kappa shape index (κ1) is 14.7. The molecule has 1 rings (SSSR count). The van der Waals surface area contributed by atoms with E-state index in [1.54, 1.807) is 31.2 Å². The molecule has 0 heterocycles. The topological polar surface area (TPSA) is 38.7 Å². The number of halogens is 2. The van der Waals surface area contributed by atoms with Crippen molar-refractivity contribution < 1.29 is 9.63 Å². The molecule has 0 amide bonds. The van der Waals surface area contributed by atoms with Gasteiger partial charge < -0.3 is 4.84 Å². The van der Waals surface area contributed by atoms with Gasteiger partial charge in [0.05, 0.1) is 10.0 Å². The summed E-state index contributed by atoms with van der Waals surface area (Å²) in [6, 6.07) is 5.09. The maximum Gasteiger partial charge on any atom is 0.161 e. The molecule has 0 N–H and O–H groups in total. The Morgan fingerprint density at radius 3 is 2.28 bits per heavy atom. The molecule has 0 radical (unpaired) electrons. The van der Waals surface area contributed by atoms with Crippen LogP contribution in [0.1, 0.15) is 19.4 Å². The van der Waals surface area contributed by atoms with Crippen molar-refractivity contribution in [2.24, 2.45) is 5.16 Å². The molecule has 1 aromatic carbocycles. The van der Waals surface area contributed by atoms with E-state index in [0.29, 0.717) is 26.9 Å². The van der Waals surface area contributed by atoms with Gasteiger partial charge in [0.2, 0.25) is 0 Å². The number of Topliss-reactive ketones (excluding diaryl/α,β-unsaturated/α-hetero) is 1. The largest absolute Gasteiger partial charge is 0.399 e. The second kappa shape index (κ2) is 6.57. The van der Waals surface area contributed by atoms with Gasteiger partial charge in [0.1, 0.15) is 12.8 Å². The molecule has 0 aliphatic rings. The van der Waals surface area contributed by atoms with Gasteiger partial charge in [0, 0.05) is 11.1 Å². The Morgan fingerprint density at radius 2 is 1.89 bits per heavy atom. The number of allylic oxidation sites excluding steroid dienone is 2. The number of carbonyl (C=O) groups is 1. The smallest absolute Gasteiger partial charge is 0.161 e. The third kappa shape index (κ3) is 3.12. The molecule has 96 valence electrons. The summed E-state index contributed by atoms with van der Waals surface area (Å²) in [4.78, 5) is 16.4. The standard InChI is InChI=1S/C13H13Cl2NO2/c1-4-9(8(2)17)13(16-18-3)12-10(14)6-5-7-11(12)15/h4-7H,1-3H3/b9-4+,16-13+. The zero-order valence-electron chi connectivity index (χ0n) is 10.3. The van der Waals surface area contributed by atoms with Crippen molar-refractivity contribution in [2.75, 3.05) is 7.11 Å². The average Bonchev–Trinajstić information content (AvgIpc) is 2.29. The highest BCUT2D eigenvalue weighted by Gasteiger charge is 2.20. The van der Waals surface area contributed by atoms with Gasteiger partial charge in [-0.15, -0.1) is 0 Å².